The molecule has 0 atom stereocenters. The molecule has 0 aliphatic carbocycles. The number of carbonyl (C=O) groups excluding carboxylic acids is 1. The van der Waals surface area contributed by atoms with Gasteiger partial charge in [-0.2, -0.15) is 0 Å². The largest absolute Gasteiger partial charge is 0.465 e. The first kappa shape index (κ1) is 19.4. The van der Waals surface area contributed by atoms with Crippen molar-refractivity contribution in [2.45, 2.75) is 26.9 Å². The summed E-state index contributed by atoms with van der Waals surface area (Å²) >= 11 is 0. The molecule has 2 N–H and O–H groups in total. The third-order valence-electron chi connectivity index (χ3n) is 3.84. The third-order valence-corrected chi connectivity index (χ3v) is 3.84. The summed E-state index contributed by atoms with van der Waals surface area (Å²) in [6, 6.07) is 12.3. The lowest BCUT2D eigenvalue weighted by molar-refractivity contribution is 0.0600. The van der Waals surface area contributed by atoms with Gasteiger partial charge in [0, 0.05) is 13.1 Å². The quantitative estimate of drug-likeness (QED) is 0.474. The predicted molar refractivity (Wildman–Crippen MR) is 101 cm³/mol. The van der Waals surface area contributed by atoms with Crippen LogP contribution in [0.2, 0.25) is 0 Å². The fourth-order valence-corrected chi connectivity index (χ4v) is 2.31. The van der Waals surface area contributed by atoms with Gasteiger partial charge in [-0.05, 0) is 48.7 Å². The van der Waals surface area contributed by atoms with E-state index < -0.39 is 0 Å². The van der Waals surface area contributed by atoms with Gasteiger partial charge in [0.15, 0.2) is 5.96 Å². The summed E-state index contributed by atoms with van der Waals surface area (Å²) in [5, 5.41) is 6.38. The van der Waals surface area contributed by atoms with Gasteiger partial charge in [-0.1, -0.05) is 24.3 Å². The summed E-state index contributed by atoms with van der Waals surface area (Å²) in [5.41, 5.74) is 2.95. The van der Waals surface area contributed by atoms with Crippen molar-refractivity contribution >= 4 is 11.9 Å². The smallest absolute Gasteiger partial charge is 0.337 e. The Hall–Kier alpha value is -2.89. The molecule has 6 heteroatoms. The van der Waals surface area contributed by atoms with E-state index in [1.807, 2.05) is 25.1 Å². The van der Waals surface area contributed by atoms with Crippen LogP contribution in [-0.2, 0) is 17.8 Å². The Kier molecular flexibility index (Phi) is 7.14. The Balaban J connectivity index is 1.98. The van der Waals surface area contributed by atoms with Gasteiger partial charge in [-0.15, -0.1) is 0 Å². The van der Waals surface area contributed by atoms with Crippen molar-refractivity contribution < 1.29 is 13.9 Å². The van der Waals surface area contributed by atoms with Crippen molar-refractivity contribution in [3.63, 3.8) is 0 Å². The molecule has 0 amide bonds. The second kappa shape index (κ2) is 9.56. The van der Waals surface area contributed by atoms with Crippen molar-refractivity contribution in [2.24, 2.45) is 4.99 Å². The maximum absolute atomic E-state index is 13.6. The van der Waals surface area contributed by atoms with Crippen LogP contribution >= 0.6 is 0 Å². The minimum atomic E-state index is -0.357. The van der Waals surface area contributed by atoms with Gasteiger partial charge in [0.05, 0.1) is 19.2 Å². The standard InChI is InChI=1S/C20H24FN3O2/c1-4-22-20(24-13-16-6-5-14(2)18(21)11-16)23-12-15-7-9-17(10-8-15)19(25)26-3/h5-11H,4,12-13H2,1-3H3,(H2,22,23,24). The molecule has 0 bridgehead atoms. The van der Waals surface area contributed by atoms with Gasteiger partial charge in [-0.25, -0.2) is 14.2 Å². The summed E-state index contributed by atoms with van der Waals surface area (Å²) in [6.07, 6.45) is 0. The number of nitrogens with one attached hydrogen (secondary N) is 2. The van der Waals surface area contributed by atoms with Crippen LogP contribution in [0.1, 0.15) is 34.0 Å². The topological polar surface area (TPSA) is 62.7 Å². The number of guanidine groups is 1. The molecule has 0 radical (unpaired) electrons. The van der Waals surface area contributed by atoms with Gasteiger partial charge >= 0.3 is 5.97 Å². The molecule has 0 saturated heterocycles. The number of carbonyl (C=O) groups is 1. The van der Waals surface area contributed by atoms with Gasteiger partial charge in [-0.3, -0.25) is 0 Å². The Morgan fingerprint density at radius 3 is 2.42 bits per heavy atom. The fourth-order valence-electron chi connectivity index (χ4n) is 2.31. The molecule has 0 aromatic heterocycles. The molecule has 5 nitrogen and oxygen atoms in total. The van der Waals surface area contributed by atoms with Crippen molar-refractivity contribution in [2.75, 3.05) is 13.7 Å². The molecule has 0 heterocycles. The maximum atomic E-state index is 13.6. The molecule has 26 heavy (non-hydrogen) atoms. The molecule has 2 aromatic rings. The number of ether oxygens (including phenoxy) is 1. The predicted octanol–water partition coefficient (Wildman–Crippen LogP) is 3.18. The summed E-state index contributed by atoms with van der Waals surface area (Å²) in [6.45, 7) is 5.37. The average molecular weight is 357 g/mol. The molecular weight excluding hydrogens is 333 g/mol. The van der Waals surface area contributed by atoms with Crippen LogP contribution in [0.25, 0.3) is 0 Å². The number of benzene rings is 2. The summed E-state index contributed by atoms with van der Waals surface area (Å²) in [5.74, 6) is 0.0663. The first-order valence-electron chi connectivity index (χ1n) is 8.48. The zero-order valence-corrected chi connectivity index (χ0v) is 15.3. The molecule has 138 valence electrons. The van der Waals surface area contributed by atoms with Crippen molar-refractivity contribution in [3.8, 4) is 0 Å². The maximum Gasteiger partial charge on any atom is 0.337 e. The number of hydrogen-bond acceptors (Lipinski definition) is 3. The number of esters is 1. The second-order valence-electron chi connectivity index (χ2n) is 5.82. The second-order valence-corrected chi connectivity index (χ2v) is 5.82. The molecule has 0 spiro atoms. The summed E-state index contributed by atoms with van der Waals surface area (Å²) < 4.78 is 18.3. The fraction of sp³-hybridized carbons (Fsp3) is 0.300. The van der Waals surface area contributed by atoms with Crippen LogP contribution in [0.15, 0.2) is 47.5 Å². The minimum absolute atomic E-state index is 0.221. The van der Waals surface area contributed by atoms with E-state index >= 15 is 0 Å². The Labute approximate surface area is 153 Å². The van der Waals surface area contributed by atoms with Gasteiger partial charge in [0.1, 0.15) is 5.82 Å². The molecule has 0 unspecified atom stereocenters. The number of methoxy groups -OCH3 is 1. The van der Waals surface area contributed by atoms with Gasteiger partial charge in [0.25, 0.3) is 0 Å². The van der Waals surface area contributed by atoms with Crippen LogP contribution < -0.4 is 10.6 Å². The molecule has 2 aromatic carbocycles. The lowest BCUT2D eigenvalue weighted by atomic mass is 10.1. The van der Waals surface area contributed by atoms with Gasteiger partial charge in [0.2, 0.25) is 0 Å². The minimum Gasteiger partial charge on any atom is -0.465 e. The number of rotatable bonds is 6. The Bertz CT molecular complexity index is 773. The zero-order chi connectivity index (χ0) is 18.9. The van der Waals surface area contributed by atoms with Crippen molar-refractivity contribution in [1.82, 2.24) is 10.6 Å². The molecule has 0 saturated carbocycles. The average Bonchev–Trinajstić information content (AvgIpc) is 2.66. The van der Waals surface area contributed by atoms with Crippen molar-refractivity contribution in [1.29, 1.82) is 0 Å². The lowest BCUT2D eigenvalue weighted by Crippen LogP contribution is -2.36. The highest BCUT2D eigenvalue weighted by molar-refractivity contribution is 5.89. The first-order valence-corrected chi connectivity index (χ1v) is 8.48. The van der Waals surface area contributed by atoms with Crippen LogP contribution in [-0.4, -0.2) is 25.6 Å². The summed E-state index contributed by atoms with van der Waals surface area (Å²) in [4.78, 5) is 15.9. The molecular formula is C20H24FN3O2. The Morgan fingerprint density at radius 2 is 1.81 bits per heavy atom. The molecule has 0 aliphatic heterocycles. The third kappa shape index (κ3) is 5.58. The molecule has 0 fully saturated rings. The van der Waals surface area contributed by atoms with E-state index in [0.29, 0.717) is 30.2 Å². The number of aryl methyl sites for hydroxylation is 1. The highest BCUT2D eigenvalue weighted by atomic mass is 19.1. The first-order chi connectivity index (χ1) is 12.5. The van der Waals surface area contributed by atoms with Crippen LogP contribution in [0.4, 0.5) is 4.39 Å². The van der Waals surface area contributed by atoms with E-state index in [9.17, 15) is 9.18 Å². The number of nitrogens with zero attached hydrogens (tertiary/aromatic N) is 1. The number of halogens is 1. The molecule has 2 rings (SSSR count). The monoisotopic (exact) mass is 357 g/mol. The van der Waals surface area contributed by atoms with Gasteiger partial charge < -0.3 is 15.4 Å². The lowest BCUT2D eigenvalue weighted by Gasteiger charge is -2.12. The SMILES string of the molecule is CCNC(=NCc1ccc(C)c(F)c1)NCc1ccc(C(=O)OC)cc1. The highest BCUT2D eigenvalue weighted by Crippen LogP contribution is 2.10. The van der Waals surface area contributed by atoms with Crippen LogP contribution in [0, 0.1) is 12.7 Å². The van der Waals surface area contributed by atoms with E-state index in [0.717, 1.165) is 17.7 Å². The number of hydrogen-bond donors (Lipinski definition) is 2. The normalized spacial score (nSPS) is 11.2. The van der Waals surface area contributed by atoms with Crippen LogP contribution in [0.5, 0.6) is 0 Å². The Morgan fingerprint density at radius 1 is 1.12 bits per heavy atom. The van der Waals surface area contributed by atoms with E-state index in [-0.39, 0.29) is 11.8 Å². The van der Waals surface area contributed by atoms with E-state index in [4.69, 9.17) is 0 Å². The van der Waals surface area contributed by atoms with E-state index in [1.165, 1.54) is 13.2 Å². The van der Waals surface area contributed by atoms with Crippen LogP contribution in [0.3, 0.4) is 0 Å². The molecule has 0 aliphatic rings. The van der Waals surface area contributed by atoms with Crippen molar-refractivity contribution in [3.05, 3.63) is 70.5 Å². The van der Waals surface area contributed by atoms with E-state index in [1.54, 1.807) is 25.1 Å². The highest BCUT2D eigenvalue weighted by Gasteiger charge is 2.05. The van der Waals surface area contributed by atoms with E-state index in [2.05, 4.69) is 20.4 Å². The summed E-state index contributed by atoms with van der Waals surface area (Å²) in [7, 11) is 1.36. The number of aliphatic imine (C=N–C) groups is 1. The zero-order valence-electron chi connectivity index (χ0n) is 15.3.